The summed E-state index contributed by atoms with van der Waals surface area (Å²) in [6.07, 6.45) is -2.88. The molecule has 2 fully saturated rings. The highest BCUT2D eigenvalue weighted by Gasteiger charge is 2.64. The van der Waals surface area contributed by atoms with E-state index in [1.165, 1.54) is 39.7 Å². The first kappa shape index (κ1) is 41.6. The Hall–Kier alpha value is -4.17. The molecule has 290 valence electrons. The molecule has 2 aliphatic heterocycles. The summed E-state index contributed by atoms with van der Waals surface area (Å²) in [7, 11) is 3.05. The molecule has 0 spiro atoms. The number of Topliss-reactive ketones (excluding diaryl/α,β-unsaturated/α-hetero) is 1. The van der Waals surface area contributed by atoms with Gasteiger partial charge >= 0.3 is 12.1 Å². The summed E-state index contributed by atoms with van der Waals surface area (Å²) in [5, 5.41) is 23.6. The van der Waals surface area contributed by atoms with Crippen LogP contribution in [0.3, 0.4) is 0 Å². The second-order valence-electron chi connectivity index (χ2n) is 14.6. The van der Waals surface area contributed by atoms with Crippen molar-refractivity contribution in [1.82, 2.24) is 5.32 Å². The molecule has 53 heavy (non-hydrogen) atoms. The summed E-state index contributed by atoms with van der Waals surface area (Å²) in [5.41, 5.74) is -1.90. The van der Waals surface area contributed by atoms with Crippen LogP contribution in [0.25, 0.3) is 0 Å². The third-order valence-electron chi connectivity index (χ3n) is 10.1. The van der Waals surface area contributed by atoms with Gasteiger partial charge < -0.3 is 38.8 Å². The number of nitrogens with zero attached hydrogens (tertiary/aromatic N) is 1. The minimum atomic E-state index is -1.94. The van der Waals surface area contributed by atoms with Crippen molar-refractivity contribution in [3.8, 4) is 11.5 Å². The number of ether oxygens (including phenoxy) is 5. The Morgan fingerprint density at radius 3 is 2.38 bits per heavy atom. The zero-order valence-electron chi connectivity index (χ0n) is 31.9. The highest BCUT2D eigenvalue weighted by atomic mass is 35.5. The number of hydrogen-bond donors (Lipinski definition) is 3. The Balaban J connectivity index is 1.64. The number of amides is 2. The van der Waals surface area contributed by atoms with Crippen molar-refractivity contribution < 1.29 is 53.1 Å². The van der Waals surface area contributed by atoms with Gasteiger partial charge in [-0.05, 0) is 96.8 Å². The fraction of sp³-hybridized carbons (Fsp3) is 0.538. The predicted octanol–water partition coefficient (Wildman–Crippen LogP) is 5.54. The number of aliphatic hydroxyl groups is 2. The molecule has 3 N–H and O–H groups in total. The van der Waals surface area contributed by atoms with E-state index in [1.54, 1.807) is 51.2 Å². The predicted molar refractivity (Wildman–Crippen MR) is 197 cm³/mol. The van der Waals surface area contributed by atoms with E-state index in [0.29, 0.717) is 29.2 Å². The summed E-state index contributed by atoms with van der Waals surface area (Å²) in [5.74, 6) is -1.23. The van der Waals surface area contributed by atoms with Gasteiger partial charge in [-0.2, -0.15) is 0 Å². The Morgan fingerprint density at radius 2 is 1.81 bits per heavy atom. The Kier molecular flexibility index (Phi) is 12.6. The van der Waals surface area contributed by atoms with Crippen LogP contribution in [0, 0.1) is 5.92 Å². The van der Waals surface area contributed by atoms with Crippen molar-refractivity contribution in [3.05, 3.63) is 64.2 Å². The number of aliphatic hydroxyl groups excluding tert-OH is 1. The number of methoxy groups -OCH3 is 1. The lowest BCUT2D eigenvalue weighted by molar-refractivity contribution is -0.169. The van der Waals surface area contributed by atoms with Crippen LogP contribution in [0.1, 0.15) is 84.2 Å². The number of benzene rings is 2. The van der Waals surface area contributed by atoms with Gasteiger partial charge in [0.05, 0.1) is 31.4 Å². The van der Waals surface area contributed by atoms with Crippen molar-refractivity contribution in [1.29, 1.82) is 0 Å². The van der Waals surface area contributed by atoms with E-state index in [1.807, 2.05) is 26.0 Å². The maximum Gasteiger partial charge on any atom is 0.409 e. The van der Waals surface area contributed by atoms with Crippen LogP contribution in [-0.2, 0) is 30.2 Å². The molecule has 14 heteroatoms. The maximum absolute atomic E-state index is 14.1. The molecule has 2 amide bonds. The molecule has 4 rings (SSSR count). The van der Waals surface area contributed by atoms with Crippen LogP contribution in [-0.4, -0.2) is 89.5 Å². The zero-order chi connectivity index (χ0) is 39.6. The van der Waals surface area contributed by atoms with Gasteiger partial charge in [-0.1, -0.05) is 30.2 Å². The number of allylic oxidation sites excluding steroid dienone is 2. The molecule has 0 bridgehead atoms. The van der Waals surface area contributed by atoms with Gasteiger partial charge in [0.1, 0.15) is 34.3 Å². The maximum atomic E-state index is 14.1. The molecule has 0 aliphatic carbocycles. The van der Waals surface area contributed by atoms with Crippen molar-refractivity contribution in [2.75, 3.05) is 19.1 Å². The normalized spacial score (nSPS) is 24.5. The van der Waals surface area contributed by atoms with E-state index in [9.17, 15) is 29.4 Å². The molecular weight excluding hydrogens is 708 g/mol. The smallest absolute Gasteiger partial charge is 0.409 e. The highest BCUT2D eigenvalue weighted by Crippen LogP contribution is 2.49. The number of hydrogen-bond acceptors (Lipinski definition) is 11. The fourth-order valence-electron chi connectivity index (χ4n) is 6.35. The second-order valence-corrected chi connectivity index (χ2v) is 15.0. The minimum absolute atomic E-state index is 0.122. The van der Waals surface area contributed by atoms with E-state index >= 15 is 0 Å². The number of cyclic esters (lactones) is 1. The average molecular weight is 759 g/mol. The molecular formula is C39H51ClN2O11. The number of epoxide rings is 1. The fourth-order valence-corrected chi connectivity index (χ4v) is 6.66. The first-order valence-electron chi connectivity index (χ1n) is 17.5. The monoisotopic (exact) mass is 758 g/mol. The van der Waals surface area contributed by atoms with E-state index in [0.717, 1.165) is 11.1 Å². The van der Waals surface area contributed by atoms with Crippen LogP contribution in [0.15, 0.2) is 48.0 Å². The van der Waals surface area contributed by atoms with Crippen molar-refractivity contribution in [3.63, 3.8) is 0 Å². The number of carbonyl (C=O) groups is 4. The minimum Gasteiger partial charge on any atom is -0.495 e. The van der Waals surface area contributed by atoms with Crippen LogP contribution in [0.2, 0.25) is 5.02 Å². The number of rotatable bonds is 15. The molecule has 2 saturated heterocycles. The summed E-state index contributed by atoms with van der Waals surface area (Å²) in [6.45, 7) is 13.2. The molecule has 0 unspecified atom stereocenters. The number of ketones is 1. The van der Waals surface area contributed by atoms with Crippen LogP contribution < -0.4 is 19.7 Å². The third-order valence-corrected chi connectivity index (χ3v) is 10.5. The van der Waals surface area contributed by atoms with Gasteiger partial charge in [0.25, 0.3) is 0 Å². The first-order chi connectivity index (χ1) is 24.6. The zero-order valence-corrected chi connectivity index (χ0v) is 32.7. The molecule has 0 radical (unpaired) electrons. The van der Waals surface area contributed by atoms with Crippen molar-refractivity contribution in [2.45, 2.75) is 116 Å². The summed E-state index contributed by atoms with van der Waals surface area (Å²) in [4.78, 5) is 53.5. The second kappa shape index (κ2) is 16.1. The number of nitrogens with one attached hydrogen (secondary N) is 1. The highest BCUT2D eigenvalue weighted by molar-refractivity contribution is 6.35. The number of carbonyl (C=O) groups excluding carboxylic acids is 4. The molecule has 2 aliphatic rings. The summed E-state index contributed by atoms with van der Waals surface area (Å²) >= 11 is 6.72. The number of halogens is 1. The van der Waals surface area contributed by atoms with E-state index in [4.69, 9.17) is 35.3 Å². The van der Waals surface area contributed by atoms with Crippen LogP contribution in [0.4, 0.5) is 10.5 Å². The summed E-state index contributed by atoms with van der Waals surface area (Å²) in [6, 6.07) is 9.94. The molecule has 2 aromatic rings. The van der Waals surface area contributed by atoms with Gasteiger partial charge in [0.15, 0.2) is 17.1 Å². The first-order valence-corrected chi connectivity index (χ1v) is 17.9. The number of alkyl carbamates (subject to hydrolysis) is 1. The van der Waals surface area contributed by atoms with Gasteiger partial charge in [0.2, 0.25) is 5.91 Å². The van der Waals surface area contributed by atoms with Gasteiger partial charge in [0, 0.05) is 24.9 Å². The largest absolute Gasteiger partial charge is 0.495 e. The molecule has 0 aromatic heterocycles. The van der Waals surface area contributed by atoms with Crippen molar-refractivity contribution >= 4 is 41.0 Å². The quantitative estimate of drug-likeness (QED) is 0.0901. The molecule has 13 nitrogen and oxygen atoms in total. The summed E-state index contributed by atoms with van der Waals surface area (Å²) < 4.78 is 29.3. The molecule has 2 heterocycles. The van der Waals surface area contributed by atoms with E-state index < -0.39 is 65.2 Å². The Morgan fingerprint density at radius 1 is 1.17 bits per heavy atom. The number of anilines is 1. The topological polar surface area (TPSA) is 173 Å². The average Bonchev–Trinajstić information content (AvgIpc) is 3.79. The van der Waals surface area contributed by atoms with Crippen LogP contribution in [0.5, 0.6) is 11.5 Å². The lowest BCUT2D eigenvalue weighted by Crippen LogP contribution is -2.63. The van der Waals surface area contributed by atoms with Crippen molar-refractivity contribution in [2.24, 2.45) is 5.92 Å². The van der Waals surface area contributed by atoms with Gasteiger partial charge in [-0.15, -0.1) is 0 Å². The standard InChI is InChI=1S/C39H51ClN2O11/c1-11-21(2)16-25-17-28(33(40)29(18-25)49-10)42(9)32(45)19-31(51-35(46)37(6,7)52-27-14-12-26(13-15-27)23(4)43)38(8)34(53-38)22(3)30-20-39(48,24(5)44)41-36(47)50-30/h11-15,17-18,22,24,30-31,34,44,48H,16,19-20H2,1-10H3,(H,41,47)/b21-11+/t22-,24-,30+,31+,34+,38+,39+/m1/s1. The van der Waals surface area contributed by atoms with Crippen LogP contribution >= 0.6 is 11.6 Å². The molecule has 0 saturated carbocycles. The lowest BCUT2D eigenvalue weighted by Gasteiger charge is -2.40. The van der Waals surface area contributed by atoms with E-state index in [2.05, 4.69) is 5.32 Å². The Labute approximate surface area is 315 Å². The molecule has 7 atom stereocenters. The number of esters is 1. The molecule has 2 aromatic carbocycles. The van der Waals surface area contributed by atoms with E-state index in [-0.39, 0.29) is 23.6 Å². The lowest BCUT2D eigenvalue weighted by atomic mass is 9.84. The van der Waals surface area contributed by atoms with Gasteiger partial charge in [-0.25, -0.2) is 9.59 Å². The van der Waals surface area contributed by atoms with Gasteiger partial charge in [-0.3, -0.25) is 14.9 Å². The SMILES string of the molecule is C/C=C(\C)Cc1cc(OC)c(Cl)c(N(C)C(=O)C[C@H](OC(=O)C(C)(C)Oc2ccc(C(C)=O)cc2)[C@]2(C)O[C@H]2[C@H](C)[C@@H]2C[C@](O)([C@@H](C)O)NC(=O)O2)c1. The third kappa shape index (κ3) is 9.32. The Bertz CT molecular complexity index is 1740.